The minimum atomic E-state index is -0.100. The summed E-state index contributed by atoms with van der Waals surface area (Å²) < 4.78 is 0. The van der Waals surface area contributed by atoms with Crippen molar-refractivity contribution in [3.05, 3.63) is 0 Å². The molecule has 106 valence electrons. The zero-order valence-corrected chi connectivity index (χ0v) is 12.1. The van der Waals surface area contributed by atoms with Crippen molar-refractivity contribution < 1.29 is 5.11 Å². The fourth-order valence-electron chi connectivity index (χ4n) is 4.14. The molecular formula is C15H30N2O. The van der Waals surface area contributed by atoms with E-state index in [1.165, 1.54) is 44.9 Å². The van der Waals surface area contributed by atoms with Gasteiger partial charge in [-0.1, -0.05) is 25.7 Å². The van der Waals surface area contributed by atoms with Crippen LogP contribution in [-0.4, -0.2) is 49.3 Å². The van der Waals surface area contributed by atoms with Gasteiger partial charge in [0, 0.05) is 19.1 Å². The van der Waals surface area contributed by atoms with Gasteiger partial charge >= 0.3 is 0 Å². The summed E-state index contributed by atoms with van der Waals surface area (Å²) in [4.78, 5) is 2.45. The van der Waals surface area contributed by atoms with E-state index in [0.29, 0.717) is 11.5 Å². The first-order valence-electron chi connectivity index (χ1n) is 7.70. The van der Waals surface area contributed by atoms with Gasteiger partial charge in [-0.05, 0) is 45.2 Å². The van der Waals surface area contributed by atoms with E-state index in [0.717, 1.165) is 19.5 Å². The van der Waals surface area contributed by atoms with E-state index in [2.05, 4.69) is 24.3 Å². The summed E-state index contributed by atoms with van der Waals surface area (Å²) in [6.45, 7) is 2.27. The van der Waals surface area contributed by atoms with Crippen LogP contribution >= 0.6 is 0 Å². The summed E-state index contributed by atoms with van der Waals surface area (Å²) in [6, 6.07) is 0.396. The maximum atomic E-state index is 10.2. The summed E-state index contributed by atoms with van der Waals surface area (Å²) >= 11 is 0. The lowest BCUT2D eigenvalue weighted by Gasteiger charge is -2.41. The summed E-state index contributed by atoms with van der Waals surface area (Å²) in [7, 11) is 4.28. The van der Waals surface area contributed by atoms with Crippen LogP contribution in [0.25, 0.3) is 0 Å². The van der Waals surface area contributed by atoms with Crippen molar-refractivity contribution in [1.29, 1.82) is 0 Å². The highest BCUT2D eigenvalue weighted by Gasteiger charge is 2.37. The molecule has 2 N–H and O–H groups in total. The van der Waals surface area contributed by atoms with Gasteiger partial charge < -0.3 is 15.3 Å². The molecule has 0 radical (unpaired) electrons. The zero-order valence-electron chi connectivity index (χ0n) is 12.1. The van der Waals surface area contributed by atoms with E-state index in [-0.39, 0.29) is 6.10 Å². The van der Waals surface area contributed by atoms with Gasteiger partial charge in [0.1, 0.15) is 0 Å². The van der Waals surface area contributed by atoms with Crippen molar-refractivity contribution in [2.75, 3.05) is 27.2 Å². The lowest BCUT2D eigenvalue weighted by molar-refractivity contribution is 0.0130. The molecule has 0 saturated heterocycles. The van der Waals surface area contributed by atoms with Crippen LogP contribution in [0.15, 0.2) is 0 Å². The predicted molar refractivity (Wildman–Crippen MR) is 75.7 cm³/mol. The number of nitrogens with zero attached hydrogens (tertiary/aromatic N) is 1. The number of hydrogen-bond donors (Lipinski definition) is 2. The van der Waals surface area contributed by atoms with E-state index in [1.54, 1.807) is 0 Å². The minimum Gasteiger partial charge on any atom is -0.391 e. The van der Waals surface area contributed by atoms with Crippen LogP contribution in [0.2, 0.25) is 0 Å². The molecule has 3 heteroatoms. The third-order valence-electron chi connectivity index (χ3n) is 5.06. The van der Waals surface area contributed by atoms with Crippen LogP contribution in [0.1, 0.15) is 51.4 Å². The van der Waals surface area contributed by atoms with Gasteiger partial charge in [0.2, 0.25) is 0 Å². The first-order chi connectivity index (χ1) is 8.67. The molecule has 0 aliphatic heterocycles. The van der Waals surface area contributed by atoms with Gasteiger partial charge in [-0.25, -0.2) is 0 Å². The quantitative estimate of drug-likeness (QED) is 0.788. The Balaban J connectivity index is 1.93. The van der Waals surface area contributed by atoms with E-state index in [4.69, 9.17) is 0 Å². The highest BCUT2D eigenvalue weighted by atomic mass is 16.3. The second-order valence-electron chi connectivity index (χ2n) is 6.57. The molecule has 0 aromatic carbocycles. The number of aliphatic hydroxyl groups excluding tert-OH is 1. The number of aliphatic hydroxyl groups is 1. The zero-order chi connectivity index (χ0) is 13.0. The molecule has 0 aromatic rings. The molecule has 2 fully saturated rings. The third kappa shape index (κ3) is 3.25. The predicted octanol–water partition coefficient (Wildman–Crippen LogP) is 2.00. The van der Waals surface area contributed by atoms with Crippen molar-refractivity contribution >= 4 is 0 Å². The van der Waals surface area contributed by atoms with Gasteiger partial charge in [0.15, 0.2) is 0 Å². The lowest BCUT2D eigenvalue weighted by Crippen LogP contribution is -2.49. The summed E-state index contributed by atoms with van der Waals surface area (Å²) in [5.41, 5.74) is 0.459. The molecule has 0 amide bonds. The van der Waals surface area contributed by atoms with E-state index < -0.39 is 0 Å². The number of rotatable bonds is 5. The van der Waals surface area contributed by atoms with Crippen LogP contribution in [0.4, 0.5) is 0 Å². The largest absolute Gasteiger partial charge is 0.391 e. The average Bonchev–Trinajstić information content (AvgIpc) is 2.78. The molecular weight excluding hydrogens is 224 g/mol. The summed E-state index contributed by atoms with van der Waals surface area (Å²) in [5.74, 6) is 0. The normalized spacial score (nSPS) is 32.0. The molecule has 0 spiro atoms. The van der Waals surface area contributed by atoms with Crippen LogP contribution < -0.4 is 5.32 Å². The molecule has 3 nitrogen and oxygen atoms in total. The van der Waals surface area contributed by atoms with Gasteiger partial charge in [0.05, 0.1) is 6.10 Å². The molecule has 18 heavy (non-hydrogen) atoms. The average molecular weight is 254 g/mol. The first kappa shape index (κ1) is 14.3. The van der Waals surface area contributed by atoms with E-state index >= 15 is 0 Å². The van der Waals surface area contributed by atoms with E-state index in [1.807, 2.05) is 0 Å². The minimum absolute atomic E-state index is 0.100. The van der Waals surface area contributed by atoms with Crippen LogP contribution in [0.3, 0.4) is 0 Å². The SMILES string of the molecule is CNCC1(CN(C)C2CCCCC2O)CCCC1. The van der Waals surface area contributed by atoms with Crippen LogP contribution in [0.5, 0.6) is 0 Å². The van der Waals surface area contributed by atoms with Crippen molar-refractivity contribution in [3.8, 4) is 0 Å². The standard InChI is InChI=1S/C15H30N2O/c1-16-11-15(9-5-6-10-15)12-17(2)13-7-3-4-8-14(13)18/h13-14,16,18H,3-12H2,1-2H3. The Morgan fingerprint density at radius 2 is 1.83 bits per heavy atom. The molecule has 2 atom stereocenters. The van der Waals surface area contributed by atoms with Crippen molar-refractivity contribution in [2.24, 2.45) is 5.41 Å². The number of hydrogen-bond acceptors (Lipinski definition) is 3. The topological polar surface area (TPSA) is 35.5 Å². The lowest BCUT2D eigenvalue weighted by atomic mass is 9.83. The molecule has 2 rings (SSSR count). The number of likely N-dealkylation sites (N-methyl/N-ethyl adjacent to an activating group) is 1. The maximum Gasteiger partial charge on any atom is 0.0695 e. The molecule has 2 saturated carbocycles. The van der Waals surface area contributed by atoms with Crippen molar-refractivity contribution in [3.63, 3.8) is 0 Å². The van der Waals surface area contributed by atoms with Gasteiger partial charge in [-0.3, -0.25) is 0 Å². The third-order valence-corrected chi connectivity index (χ3v) is 5.06. The molecule has 0 aromatic heterocycles. The fourth-order valence-corrected chi connectivity index (χ4v) is 4.14. The van der Waals surface area contributed by atoms with Gasteiger partial charge in [-0.2, -0.15) is 0 Å². The monoisotopic (exact) mass is 254 g/mol. The van der Waals surface area contributed by atoms with E-state index in [9.17, 15) is 5.11 Å². The first-order valence-corrected chi connectivity index (χ1v) is 7.70. The number of nitrogens with one attached hydrogen (secondary N) is 1. The van der Waals surface area contributed by atoms with Gasteiger partial charge in [0.25, 0.3) is 0 Å². The Labute approximate surface area is 112 Å². The molecule has 0 heterocycles. The Morgan fingerprint density at radius 3 is 2.44 bits per heavy atom. The van der Waals surface area contributed by atoms with Crippen molar-refractivity contribution in [2.45, 2.75) is 63.5 Å². The van der Waals surface area contributed by atoms with Gasteiger partial charge in [-0.15, -0.1) is 0 Å². The maximum absolute atomic E-state index is 10.2. The Bertz CT molecular complexity index is 251. The Morgan fingerprint density at radius 1 is 1.17 bits per heavy atom. The second-order valence-corrected chi connectivity index (χ2v) is 6.57. The smallest absolute Gasteiger partial charge is 0.0695 e. The Kier molecular flexibility index (Phi) is 5.05. The summed E-state index contributed by atoms with van der Waals surface area (Å²) in [5, 5.41) is 13.6. The molecule has 2 aliphatic carbocycles. The molecule has 2 unspecified atom stereocenters. The van der Waals surface area contributed by atoms with Crippen LogP contribution in [-0.2, 0) is 0 Å². The Hall–Kier alpha value is -0.120. The second kappa shape index (κ2) is 6.36. The summed E-state index contributed by atoms with van der Waals surface area (Å²) in [6.07, 6.45) is 10.0. The molecule has 0 bridgehead atoms. The highest BCUT2D eigenvalue weighted by molar-refractivity contribution is 4.91. The van der Waals surface area contributed by atoms with Crippen molar-refractivity contribution in [1.82, 2.24) is 10.2 Å². The fraction of sp³-hybridized carbons (Fsp3) is 1.00. The highest BCUT2D eigenvalue weighted by Crippen LogP contribution is 2.39. The van der Waals surface area contributed by atoms with Crippen LogP contribution in [0, 0.1) is 5.41 Å². The molecule has 2 aliphatic rings.